The van der Waals surface area contributed by atoms with Crippen LogP contribution in [0.4, 0.5) is 5.69 Å². The van der Waals surface area contributed by atoms with Crippen molar-refractivity contribution in [2.24, 2.45) is 0 Å². The second-order valence-corrected chi connectivity index (χ2v) is 8.10. The van der Waals surface area contributed by atoms with Gasteiger partial charge in [0.1, 0.15) is 11.9 Å². The molecule has 8 heteroatoms. The summed E-state index contributed by atoms with van der Waals surface area (Å²) in [5, 5.41) is 5.63. The van der Waals surface area contributed by atoms with Gasteiger partial charge in [0, 0.05) is 16.4 Å². The van der Waals surface area contributed by atoms with Crippen LogP contribution in [-0.2, 0) is 0 Å². The fraction of sp³-hybridized carbons (Fsp3) is 0.200. The number of pyridine rings is 1. The molecule has 0 saturated carbocycles. The van der Waals surface area contributed by atoms with Crippen molar-refractivity contribution < 1.29 is 4.79 Å². The molecule has 1 aromatic carbocycles. The molecule has 0 aliphatic carbocycles. The van der Waals surface area contributed by atoms with E-state index in [0.29, 0.717) is 0 Å². The molecule has 1 atom stereocenters. The maximum atomic E-state index is 12.3. The van der Waals surface area contributed by atoms with Crippen molar-refractivity contribution in [3.63, 3.8) is 0 Å². The molecule has 23 heavy (non-hydrogen) atoms. The zero-order valence-corrected chi connectivity index (χ0v) is 15.8. The molecule has 0 saturated heterocycles. The molecule has 0 radical (unpaired) electrons. The number of benzene rings is 1. The van der Waals surface area contributed by atoms with Crippen LogP contribution in [0.25, 0.3) is 0 Å². The smallest absolute Gasteiger partial charge is 0.271 e. The van der Waals surface area contributed by atoms with E-state index in [1.165, 1.54) is 6.20 Å². The second kappa shape index (κ2) is 7.71. The van der Waals surface area contributed by atoms with Gasteiger partial charge >= 0.3 is 0 Å². The molecule has 0 aliphatic rings. The van der Waals surface area contributed by atoms with Gasteiger partial charge in [0.25, 0.3) is 5.91 Å². The molecule has 4 nitrogen and oxygen atoms in total. The fourth-order valence-corrected chi connectivity index (χ4v) is 2.29. The number of carbonyl (C=O) groups excluding carboxylic acids is 1. The van der Waals surface area contributed by atoms with Crippen LogP contribution in [0.15, 0.2) is 47.1 Å². The maximum absolute atomic E-state index is 12.3. The average molecular weight is 438 g/mol. The van der Waals surface area contributed by atoms with Crippen LogP contribution in [0.3, 0.4) is 0 Å². The van der Waals surface area contributed by atoms with Gasteiger partial charge < -0.3 is 10.6 Å². The molecule has 1 aromatic heterocycles. The van der Waals surface area contributed by atoms with E-state index < -0.39 is 15.9 Å². The van der Waals surface area contributed by atoms with E-state index in [-0.39, 0.29) is 5.69 Å². The Morgan fingerprint density at radius 1 is 1.17 bits per heavy atom. The molecule has 122 valence electrons. The Bertz CT molecular complexity index is 672. The first kappa shape index (κ1) is 18.3. The summed E-state index contributed by atoms with van der Waals surface area (Å²) < 4.78 is -0.972. The van der Waals surface area contributed by atoms with Gasteiger partial charge in [0.05, 0.1) is 0 Å². The van der Waals surface area contributed by atoms with Crippen LogP contribution >= 0.6 is 50.7 Å². The first-order valence-electron chi connectivity index (χ1n) is 6.58. The first-order chi connectivity index (χ1) is 10.8. The third-order valence-corrected chi connectivity index (χ3v) is 4.05. The van der Waals surface area contributed by atoms with Gasteiger partial charge in [-0.2, -0.15) is 0 Å². The number of halogens is 4. The van der Waals surface area contributed by atoms with E-state index in [2.05, 4.69) is 31.5 Å². The molecule has 2 aromatic rings. The van der Waals surface area contributed by atoms with E-state index in [9.17, 15) is 4.79 Å². The molecule has 0 spiro atoms. The van der Waals surface area contributed by atoms with Gasteiger partial charge in [0.15, 0.2) is 0 Å². The van der Waals surface area contributed by atoms with Crippen LogP contribution in [0.2, 0.25) is 0 Å². The van der Waals surface area contributed by atoms with E-state index in [4.69, 9.17) is 34.8 Å². The number of aryl methyl sites for hydroxylation is 1. The monoisotopic (exact) mass is 435 g/mol. The summed E-state index contributed by atoms with van der Waals surface area (Å²) in [5.74, 6) is -0.451. The molecule has 1 heterocycles. The van der Waals surface area contributed by atoms with Gasteiger partial charge in [0.2, 0.25) is 3.79 Å². The molecule has 0 fully saturated rings. The zero-order valence-electron chi connectivity index (χ0n) is 12.0. The van der Waals surface area contributed by atoms with Crippen LogP contribution in [0.5, 0.6) is 0 Å². The molecule has 0 bridgehead atoms. The highest BCUT2D eigenvalue weighted by Crippen LogP contribution is 2.31. The van der Waals surface area contributed by atoms with Crippen LogP contribution in [-0.4, -0.2) is 20.8 Å². The summed E-state index contributed by atoms with van der Waals surface area (Å²) in [6.45, 7) is 1.97. The Labute approximate surface area is 157 Å². The Kier molecular flexibility index (Phi) is 6.14. The van der Waals surface area contributed by atoms with Crippen LogP contribution in [0.1, 0.15) is 16.1 Å². The molecule has 1 unspecified atom stereocenters. The van der Waals surface area contributed by atoms with Gasteiger partial charge in [-0.15, -0.1) is 0 Å². The summed E-state index contributed by atoms with van der Waals surface area (Å²) in [6, 6.07) is 10.8. The van der Waals surface area contributed by atoms with E-state index in [1.807, 2.05) is 31.2 Å². The SMILES string of the molecule is Cc1ccc(NC(NC(=O)c2ccc(Br)cn2)C(Cl)(Cl)Cl)cc1. The van der Waals surface area contributed by atoms with Crippen molar-refractivity contribution in [3.05, 3.63) is 58.3 Å². The quantitative estimate of drug-likeness (QED) is 0.539. The van der Waals surface area contributed by atoms with Gasteiger partial charge in [-0.1, -0.05) is 52.5 Å². The Hall–Kier alpha value is -1.01. The summed E-state index contributed by atoms with van der Waals surface area (Å²) in [6.07, 6.45) is 0.597. The predicted octanol–water partition coefficient (Wildman–Crippen LogP) is 4.69. The largest absolute Gasteiger partial charge is 0.362 e. The number of hydrogen-bond acceptors (Lipinski definition) is 3. The molecular formula is C15H13BrCl3N3O. The highest BCUT2D eigenvalue weighted by atomic mass is 79.9. The van der Waals surface area contributed by atoms with Crippen molar-refractivity contribution >= 4 is 62.3 Å². The lowest BCUT2D eigenvalue weighted by Crippen LogP contribution is -2.49. The molecule has 2 rings (SSSR count). The number of anilines is 1. The highest BCUT2D eigenvalue weighted by Gasteiger charge is 2.34. The number of nitrogens with one attached hydrogen (secondary N) is 2. The lowest BCUT2D eigenvalue weighted by Gasteiger charge is -2.27. The minimum Gasteiger partial charge on any atom is -0.362 e. The number of aromatic nitrogens is 1. The summed E-state index contributed by atoms with van der Waals surface area (Å²) in [5.41, 5.74) is 2.04. The fourth-order valence-electron chi connectivity index (χ4n) is 1.73. The van der Waals surface area contributed by atoms with Crippen molar-refractivity contribution in [1.29, 1.82) is 0 Å². The normalized spacial score (nSPS) is 12.6. The van der Waals surface area contributed by atoms with E-state index in [1.54, 1.807) is 12.1 Å². The number of nitrogens with zero attached hydrogens (tertiary/aromatic N) is 1. The number of amides is 1. The van der Waals surface area contributed by atoms with Crippen molar-refractivity contribution in [3.8, 4) is 0 Å². The summed E-state index contributed by atoms with van der Waals surface area (Å²) >= 11 is 21.1. The Morgan fingerprint density at radius 3 is 2.35 bits per heavy atom. The average Bonchev–Trinajstić information content (AvgIpc) is 2.48. The van der Waals surface area contributed by atoms with Crippen LogP contribution in [0, 0.1) is 6.92 Å². The number of alkyl halides is 3. The maximum Gasteiger partial charge on any atom is 0.271 e. The lowest BCUT2D eigenvalue weighted by atomic mass is 10.2. The van der Waals surface area contributed by atoms with E-state index in [0.717, 1.165) is 15.7 Å². The van der Waals surface area contributed by atoms with Crippen molar-refractivity contribution in [2.45, 2.75) is 16.9 Å². The zero-order chi connectivity index (χ0) is 17.0. The van der Waals surface area contributed by atoms with Gasteiger partial charge in [-0.3, -0.25) is 4.79 Å². The Morgan fingerprint density at radius 2 is 1.83 bits per heavy atom. The third kappa shape index (κ3) is 5.53. The topological polar surface area (TPSA) is 54.0 Å². The second-order valence-electron chi connectivity index (χ2n) is 4.82. The van der Waals surface area contributed by atoms with Gasteiger partial charge in [-0.05, 0) is 47.1 Å². The van der Waals surface area contributed by atoms with Crippen molar-refractivity contribution in [1.82, 2.24) is 10.3 Å². The molecule has 2 N–H and O–H groups in total. The predicted molar refractivity (Wildman–Crippen MR) is 98.3 cm³/mol. The Balaban J connectivity index is 2.14. The number of hydrogen-bond donors (Lipinski definition) is 2. The first-order valence-corrected chi connectivity index (χ1v) is 8.51. The highest BCUT2D eigenvalue weighted by molar-refractivity contribution is 9.10. The summed E-state index contributed by atoms with van der Waals surface area (Å²) in [4.78, 5) is 16.3. The van der Waals surface area contributed by atoms with Gasteiger partial charge in [-0.25, -0.2) is 4.98 Å². The number of carbonyl (C=O) groups is 1. The lowest BCUT2D eigenvalue weighted by molar-refractivity contribution is 0.0937. The molecular weight excluding hydrogens is 424 g/mol. The molecule has 1 amide bonds. The van der Waals surface area contributed by atoms with E-state index >= 15 is 0 Å². The minimum atomic E-state index is -1.74. The minimum absolute atomic E-state index is 0.221. The molecule has 0 aliphatic heterocycles. The van der Waals surface area contributed by atoms with Crippen LogP contribution < -0.4 is 10.6 Å². The third-order valence-electron chi connectivity index (χ3n) is 2.93. The standard InChI is InChI=1S/C15H13BrCl3N3O/c1-9-2-5-11(6-3-9)21-14(15(17,18)19)22-13(23)12-7-4-10(16)8-20-12/h2-8,14,21H,1H3,(H,22,23). The van der Waals surface area contributed by atoms with Crippen molar-refractivity contribution in [2.75, 3.05) is 5.32 Å². The summed E-state index contributed by atoms with van der Waals surface area (Å²) in [7, 11) is 0. The number of rotatable bonds is 4.